The summed E-state index contributed by atoms with van der Waals surface area (Å²) in [5.74, 6) is -2.00. The predicted octanol–water partition coefficient (Wildman–Crippen LogP) is 3.48. The number of hydrogen-bond donors (Lipinski definition) is 7. The fourth-order valence-corrected chi connectivity index (χ4v) is 10.7. The Morgan fingerprint density at radius 2 is 1.84 bits per heavy atom. The lowest BCUT2D eigenvalue weighted by Gasteiger charge is -2.62. The van der Waals surface area contributed by atoms with Crippen LogP contribution in [0.5, 0.6) is 0 Å². The number of nitrogens with one attached hydrogen (secondary N) is 2. The van der Waals surface area contributed by atoms with Gasteiger partial charge in [-0.15, -0.1) is 0 Å². The van der Waals surface area contributed by atoms with Gasteiger partial charge in [-0.3, -0.25) is 14.4 Å². The molecule has 0 aliphatic heterocycles. The first-order valence-electron chi connectivity index (χ1n) is 19.7. The third kappa shape index (κ3) is 6.65. The van der Waals surface area contributed by atoms with E-state index in [9.17, 15) is 29.7 Å². The smallest absolute Gasteiger partial charge is 0.254 e. The summed E-state index contributed by atoms with van der Waals surface area (Å²) < 4.78 is 16.9. The highest BCUT2D eigenvalue weighted by molar-refractivity contribution is 6.01. The van der Waals surface area contributed by atoms with Gasteiger partial charge in [0.05, 0.1) is 24.2 Å². The Balaban J connectivity index is 0.000000174. The maximum atomic E-state index is 16.9. The second kappa shape index (κ2) is 15.1. The lowest BCUT2D eigenvalue weighted by atomic mass is 9.44. The molecule has 0 saturated heterocycles. The standard InChI is InChI=1S/C22H29FO5.C19H23N9O/c1-12-8-16-15-5-4-13-9-14(25)6-7-19(13,2)21(15,23)17(26)10-20(16,3)22(12,28)18(27)11-24;20-15-6-1-2-7-16(15)26-19-22-11-14(17(21)29)18(27-19)25-12-4-3-5-13(10-12)28-23-8-9-24-28/h6-7,9,12,15-17,24,26,28H,4-5,8,10-11H2,1-3H3;3-5,8-11,15-16H,1-2,6-7,20H2,(H2,21,29)(H2,22,25,26,27)/t12-,15+,16+,17+,19+,20+,21+,22+;15-,16+/m10/s1. The molecule has 304 valence electrons. The number of aromatic nitrogens is 5. The van der Waals surface area contributed by atoms with Crippen molar-refractivity contribution in [2.75, 3.05) is 17.2 Å². The zero-order chi connectivity index (χ0) is 40.9. The van der Waals surface area contributed by atoms with E-state index in [-0.39, 0.29) is 35.8 Å². The van der Waals surface area contributed by atoms with Crippen LogP contribution in [0.3, 0.4) is 0 Å². The van der Waals surface area contributed by atoms with Crippen LogP contribution in [0, 0.1) is 28.6 Å². The summed E-state index contributed by atoms with van der Waals surface area (Å²) in [7, 11) is 0. The van der Waals surface area contributed by atoms with Crippen LogP contribution in [0.2, 0.25) is 0 Å². The van der Waals surface area contributed by atoms with Crippen molar-refractivity contribution in [1.29, 1.82) is 0 Å². The minimum atomic E-state index is -1.98. The lowest BCUT2D eigenvalue weighted by molar-refractivity contribution is -0.219. The van der Waals surface area contributed by atoms with Gasteiger partial charge < -0.3 is 37.4 Å². The first-order valence-corrected chi connectivity index (χ1v) is 19.7. The third-order valence-corrected chi connectivity index (χ3v) is 13.7. The Morgan fingerprint density at radius 1 is 1.11 bits per heavy atom. The highest BCUT2D eigenvalue weighted by Crippen LogP contribution is 2.70. The number of anilines is 3. The Kier molecular flexibility index (Phi) is 10.7. The van der Waals surface area contributed by atoms with Crippen LogP contribution in [0.15, 0.2) is 66.7 Å². The number of benzene rings is 1. The first kappa shape index (κ1) is 40.3. The molecule has 5 aliphatic rings. The van der Waals surface area contributed by atoms with Gasteiger partial charge in [-0.05, 0) is 87.6 Å². The van der Waals surface area contributed by atoms with Gasteiger partial charge in [-0.25, -0.2) is 9.37 Å². The number of aliphatic hydroxyl groups excluding tert-OH is 2. The van der Waals surface area contributed by atoms with Gasteiger partial charge in [0.1, 0.15) is 23.6 Å². The van der Waals surface area contributed by atoms with E-state index in [0.717, 1.165) is 31.4 Å². The number of halogens is 1. The van der Waals surface area contributed by atoms with E-state index in [1.165, 1.54) is 23.1 Å². The molecule has 2 heterocycles. The number of primary amides is 1. The fourth-order valence-electron chi connectivity index (χ4n) is 10.7. The minimum Gasteiger partial charge on any atom is -0.390 e. The second-order valence-corrected chi connectivity index (χ2v) is 16.8. The number of ketones is 2. The van der Waals surface area contributed by atoms with Crippen molar-refractivity contribution in [1.82, 2.24) is 25.0 Å². The van der Waals surface area contributed by atoms with Gasteiger partial charge in [0.15, 0.2) is 17.2 Å². The normalized spacial score (nSPS) is 35.4. The minimum absolute atomic E-state index is 0.0535. The van der Waals surface area contributed by atoms with Crippen LogP contribution in [0.4, 0.5) is 21.8 Å². The largest absolute Gasteiger partial charge is 0.390 e. The first-order chi connectivity index (χ1) is 27.1. The molecular formula is C41H52FN9O6. The van der Waals surface area contributed by atoms with E-state index in [2.05, 4.69) is 30.8 Å². The molecule has 4 saturated carbocycles. The van der Waals surface area contributed by atoms with Crippen molar-refractivity contribution >= 4 is 34.9 Å². The van der Waals surface area contributed by atoms with Crippen LogP contribution in [-0.4, -0.2) is 93.8 Å². The molecule has 8 rings (SSSR count). The SMILES string of the molecule is C[C@@H]1C[C@H]2[C@@H]3CCC4=CC(=O)C=C[C@]4(C)[C@@]3(F)[C@@H](O)C[C@]2(C)[C@@]1(O)C(=O)CO.NC(=O)c1cnc(N[C@@H]2CCCC[C@@H]2N)nc1Nc1cccc(-n2nccn2)c1. The van der Waals surface area contributed by atoms with Gasteiger partial charge in [-0.1, -0.05) is 44.4 Å². The van der Waals surface area contributed by atoms with Crippen molar-refractivity contribution in [2.45, 2.75) is 102 Å². The molecule has 1 amide bonds. The number of aliphatic hydroxyl groups is 3. The average Bonchev–Trinajstić information content (AvgIpc) is 3.80. The third-order valence-electron chi connectivity index (χ3n) is 13.7. The number of Topliss-reactive ketones (excluding diaryl/α,β-unsaturated/α-hetero) is 1. The Morgan fingerprint density at radius 3 is 2.54 bits per heavy atom. The molecule has 16 heteroatoms. The van der Waals surface area contributed by atoms with Crippen molar-refractivity contribution in [3.63, 3.8) is 0 Å². The van der Waals surface area contributed by atoms with Gasteiger partial charge in [0.25, 0.3) is 5.91 Å². The quantitative estimate of drug-likeness (QED) is 0.173. The van der Waals surface area contributed by atoms with Crippen LogP contribution in [0.1, 0.15) is 82.5 Å². The second-order valence-electron chi connectivity index (χ2n) is 16.8. The monoisotopic (exact) mass is 785 g/mol. The van der Waals surface area contributed by atoms with Crippen LogP contribution < -0.4 is 22.1 Å². The number of nitrogens with two attached hydrogens (primary N) is 2. The molecule has 3 aromatic rings. The topological polar surface area (TPSA) is 244 Å². The van der Waals surface area contributed by atoms with E-state index in [1.54, 1.807) is 39.2 Å². The van der Waals surface area contributed by atoms with Gasteiger partial charge in [0, 0.05) is 40.7 Å². The Hall–Kier alpha value is -4.90. The Bertz CT molecular complexity index is 2100. The van der Waals surface area contributed by atoms with E-state index in [1.807, 2.05) is 24.3 Å². The number of amides is 1. The molecule has 0 radical (unpaired) electrons. The van der Waals surface area contributed by atoms with E-state index >= 15 is 4.39 Å². The van der Waals surface area contributed by atoms with Crippen molar-refractivity contribution in [2.24, 2.45) is 40.1 Å². The number of carbonyl (C=O) groups is 3. The average molecular weight is 786 g/mol. The summed E-state index contributed by atoms with van der Waals surface area (Å²) in [5, 5.41) is 46.7. The number of allylic oxidation sites excluding steroid dienone is 4. The van der Waals surface area contributed by atoms with E-state index in [4.69, 9.17) is 11.5 Å². The number of rotatable bonds is 8. The molecule has 1 aromatic carbocycles. The van der Waals surface area contributed by atoms with E-state index in [0.29, 0.717) is 42.3 Å². The number of alkyl halides is 1. The van der Waals surface area contributed by atoms with Crippen LogP contribution in [0.25, 0.3) is 5.69 Å². The highest BCUT2D eigenvalue weighted by Gasteiger charge is 2.75. The molecule has 57 heavy (non-hydrogen) atoms. The number of carbonyl (C=O) groups excluding carboxylic acids is 3. The lowest BCUT2D eigenvalue weighted by Crippen LogP contribution is -2.69. The van der Waals surface area contributed by atoms with Crippen LogP contribution in [-0.2, 0) is 9.59 Å². The molecule has 0 unspecified atom stereocenters. The molecule has 9 N–H and O–H groups in total. The summed E-state index contributed by atoms with van der Waals surface area (Å²) in [4.78, 5) is 46.5. The van der Waals surface area contributed by atoms with Gasteiger partial charge >= 0.3 is 0 Å². The molecular weight excluding hydrogens is 734 g/mol. The maximum absolute atomic E-state index is 16.9. The Labute approximate surface area is 330 Å². The van der Waals surface area contributed by atoms with Crippen LogP contribution >= 0.6 is 0 Å². The summed E-state index contributed by atoms with van der Waals surface area (Å²) >= 11 is 0. The molecule has 0 spiro atoms. The number of fused-ring (bicyclic) bond motifs is 5. The van der Waals surface area contributed by atoms with E-state index < -0.39 is 58.3 Å². The number of nitrogens with zero attached hydrogens (tertiary/aromatic N) is 5. The maximum Gasteiger partial charge on any atom is 0.254 e. The zero-order valence-electron chi connectivity index (χ0n) is 32.4. The molecule has 0 bridgehead atoms. The summed E-state index contributed by atoms with van der Waals surface area (Å²) in [6.45, 7) is 4.48. The molecule has 10 atom stereocenters. The fraction of sp³-hybridized carbons (Fsp3) is 0.537. The van der Waals surface area contributed by atoms with Crippen molar-refractivity contribution in [3.8, 4) is 5.69 Å². The highest BCUT2D eigenvalue weighted by atomic mass is 19.1. The molecule has 5 aliphatic carbocycles. The summed E-state index contributed by atoms with van der Waals surface area (Å²) in [6, 6.07) is 7.58. The van der Waals surface area contributed by atoms with Gasteiger partial charge in [-0.2, -0.15) is 20.0 Å². The molecule has 2 aromatic heterocycles. The molecule has 15 nitrogen and oxygen atoms in total. The van der Waals surface area contributed by atoms with Crippen molar-refractivity contribution in [3.05, 3.63) is 72.2 Å². The van der Waals surface area contributed by atoms with Gasteiger partial charge in [0.2, 0.25) is 5.95 Å². The summed E-state index contributed by atoms with van der Waals surface area (Å²) in [6.07, 6.45) is 13.2. The molecule has 4 fully saturated rings. The number of hydrogen-bond acceptors (Lipinski definition) is 13. The zero-order valence-corrected chi connectivity index (χ0v) is 32.4. The van der Waals surface area contributed by atoms with Crippen molar-refractivity contribution < 1.29 is 34.1 Å². The summed E-state index contributed by atoms with van der Waals surface area (Å²) in [5.41, 5.74) is 8.22. The predicted molar refractivity (Wildman–Crippen MR) is 209 cm³/mol.